The molecule has 76 valence electrons. The van der Waals surface area contributed by atoms with E-state index in [1.54, 1.807) is 0 Å². The lowest BCUT2D eigenvalue weighted by molar-refractivity contribution is 1.26. The summed E-state index contributed by atoms with van der Waals surface area (Å²) in [4.78, 5) is 4.11. The normalized spacial score (nSPS) is 11.3. The van der Waals surface area contributed by atoms with Gasteiger partial charge in [-0.1, -0.05) is 30.4 Å². The molecule has 1 aromatic heterocycles. The van der Waals surface area contributed by atoms with Gasteiger partial charge in [0.15, 0.2) is 0 Å². The van der Waals surface area contributed by atoms with Crippen LogP contribution in [0.15, 0.2) is 42.7 Å². The second-order valence-electron chi connectivity index (χ2n) is 3.36. The fourth-order valence-electron chi connectivity index (χ4n) is 1.58. The second-order valence-corrected chi connectivity index (χ2v) is 3.81. The van der Waals surface area contributed by atoms with Crippen LogP contribution in [0.4, 0.5) is 0 Å². The van der Waals surface area contributed by atoms with Crippen LogP contribution in [0.2, 0.25) is 0 Å². The van der Waals surface area contributed by atoms with Gasteiger partial charge in [-0.3, -0.25) is 4.98 Å². The van der Waals surface area contributed by atoms with E-state index in [0.29, 0.717) is 0 Å². The van der Waals surface area contributed by atoms with Crippen molar-refractivity contribution < 1.29 is 0 Å². The molecule has 2 heteroatoms. The highest BCUT2D eigenvalue weighted by molar-refractivity contribution is 7.80. The summed E-state index contributed by atoms with van der Waals surface area (Å²) in [5, 5.41) is 2.44. The largest absolute Gasteiger partial charge is 0.264 e. The van der Waals surface area contributed by atoms with E-state index in [2.05, 4.69) is 54.0 Å². The van der Waals surface area contributed by atoms with Gasteiger partial charge in [0.1, 0.15) is 0 Å². The van der Waals surface area contributed by atoms with Gasteiger partial charge in [-0.15, -0.1) is 0 Å². The highest BCUT2D eigenvalue weighted by atomic mass is 32.1. The summed E-state index contributed by atoms with van der Waals surface area (Å²) in [6.07, 6.45) is 9.04. The summed E-state index contributed by atoms with van der Waals surface area (Å²) in [5.41, 5.74) is 1.25. The highest BCUT2D eigenvalue weighted by Gasteiger charge is 1.95. The first-order valence-corrected chi connectivity index (χ1v) is 5.65. The summed E-state index contributed by atoms with van der Waals surface area (Å²) in [6, 6.07) is 8.32. The predicted octanol–water partition coefficient (Wildman–Crippen LogP) is 3.57. The van der Waals surface area contributed by atoms with Crippen LogP contribution in [0.5, 0.6) is 0 Å². The fraction of sp³-hybridized carbons (Fsp3) is 0.154. The maximum absolute atomic E-state index is 4.18. The SMILES string of the molecule is SCCC=Cc1cccc2cnccc12. The minimum atomic E-state index is 0.892. The molecule has 0 saturated carbocycles. The summed E-state index contributed by atoms with van der Waals surface area (Å²) in [6.45, 7) is 0. The van der Waals surface area contributed by atoms with Crippen LogP contribution in [-0.2, 0) is 0 Å². The number of rotatable bonds is 3. The third kappa shape index (κ3) is 2.39. The third-order valence-corrected chi connectivity index (χ3v) is 2.57. The van der Waals surface area contributed by atoms with Crippen molar-refractivity contribution >= 4 is 29.5 Å². The van der Waals surface area contributed by atoms with Crippen molar-refractivity contribution in [2.75, 3.05) is 5.75 Å². The van der Waals surface area contributed by atoms with Crippen LogP contribution >= 0.6 is 12.6 Å². The van der Waals surface area contributed by atoms with Gasteiger partial charge in [0, 0.05) is 17.8 Å². The number of hydrogen-bond acceptors (Lipinski definition) is 2. The van der Waals surface area contributed by atoms with Crippen molar-refractivity contribution in [2.45, 2.75) is 6.42 Å². The average Bonchev–Trinajstić information content (AvgIpc) is 2.30. The summed E-state index contributed by atoms with van der Waals surface area (Å²) >= 11 is 4.18. The molecular weight excluding hydrogens is 202 g/mol. The highest BCUT2D eigenvalue weighted by Crippen LogP contribution is 2.18. The predicted molar refractivity (Wildman–Crippen MR) is 69.2 cm³/mol. The molecule has 0 aliphatic carbocycles. The van der Waals surface area contributed by atoms with Gasteiger partial charge in [0.05, 0.1) is 0 Å². The van der Waals surface area contributed by atoms with Gasteiger partial charge in [-0.2, -0.15) is 12.6 Å². The molecule has 1 aromatic carbocycles. The monoisotopic (exact) mass is 215 g/mol. The molecular formula is C13H13NS. The molecule has 1 heterocycles. The van der Waals surface area contributed by atoms with E-state index in [0.717, 1.165) is 12.2 Å². The molecule has 0 fully saturated rings. The number of pyridine rings is 1. The molecule has 2 rings (SSSR count). The second kappa shape index (κ2) is 4.99. The number of benzene rings is 1. The van der Waals surface area contributed by atoms with Gasteiger partial charge in [-0.05, 0) is 29.2 Å². The molecule has 0 aliphatic heterocycles. The Morgan fingerprint density at radius 2 is 2.20 bits per heavy atom. The molecule has 15 heavy (non-hydrogen) atoms. The number of aromatic nitrogens is 1. The maximum atomic E-state index is 4.18. The van der Waals surface area contributed by atoms with E-state index in [1.807, 2.05) is 12.4 Å². The quantitative estimate of drug-likeness (QED) is 0.772. The molecule has 0 spiro atoms. The Labute approximate surface area is 95.3 Å². The average molecular weight is 215 g/mol. The van der Waals surface area contributed by atoms with E-state index >= 15 is 0 Å². The standard InChI is InChI=1S/C13H13NS/c15-9-2-1-4-11-5-3-6-12-10-14-8-7-13(11)12/h1,3-8,10,15H,2,9H2. The van der Waals surface area contributed by atoms with Gasteiger partial charge in [0.2, 0.25) is 0 Å². The first-order chi connectivity index (χ1) is 7.42. The number of hydrogen-bond donors (Lipinski definition) is 1. The Kier molecular flexibility index (Phi) is 3.41. The summed E-state index contributed by atoms with van der Waals surface area (Å²) < 4.78 is 0. The first kappa shape index (κ1) is 10.2. The molecule has 1 nitrogen and oxygen atoms in total. The summed E-state index contributed by atoms with van der Waals surface area (Å²) in [7, 11) is 0. The Morgan fingerprint density at radius 1 is 1.27 bits per heavy atom. The van der Waals surface area contributed by atoms with Crippen LogP contribution in [0.25, 0.3) is 16.8 Å². The topological polar surface area (TPSA) is 12.9 Å². The Hall–Kier alpha value is -1.28. The van der Waals surface area contributed by atoms with Crippen molar-refractivity contribution in [1.82, 2.24) is 4.98 Å². The molecule has 0 unspecified atom stereocenters. The van der Waals surface area contributed by atoms with Crippen LogP contribution in [0.1, 0.15) is 12.0 Å². The van der Waals surface area contributed by atoms with Crippen molar-refractivity contribution in [1.29, 1.82) is 0 Å². The van der Waals surface area contributed by atoms with Gasteiger partial charge in [-0.25, -0.2) is 0 Å². The minimum absolute atomic E-state index is 0.892. The molecule has 0 aliphatic rings. The lowest BCUT2D eigenvalue weighted by Crippen LogP contribution is -1.79. The van der Waals surface area contributed by atoms with Crippen LogP contribution in [-0.4, -0.2) is 10.7 Å². The van der Waals surface area contributed by atoms with Crippen molar-refractivity contribution in [3.8, 4) is 0 Å². The van der Waals surface area contributed by atoms with E-state index in [4.69, 9.17) is 0 Å². The van der Waals surface area contributed by atoms with E-state index in [9.17, 15) is 0 Å². The molecule has 0 radical (unpaired) electrons. The van der Waals surface area contributed by atoms with Crippen molar-refractivity contribution in [3.63, 3.8) is 0 Å². The number of thiol groups is 1. The molecule has 2 aromatic rings. The van der Waals surface area contributed by atoms with E-state index in [1.165, 1.54) is 16.3 Å². The Bertz CT molecular complexity index is 471. The molecule has 0 saturated heterocycles. The van der Waals surface area contributed by atoms with Gasteiger partial charge in [0.25, 0.3) is 0 Å². The van der Waals surface area contributed by atoms with Crippen molar-refractivity contribution in [3.05, 3.63) is 48.3 Å². The lowest BCUT2D eigenvalue weighted by Gasteiger charge is -2.00. The lowest BCUT2D eigenvalue weighted by atomic mass is 10.1. The molecule has 0 N–H and O–H groups in total. The maximum Gasteiger partial charge on any atom is 0.0346 e. The van der Waals surface area contributed by atoms with Crippen LogP contribution < -0.4 is 0 Å². The zero-order chi connectivity index (χ0) is 10.5. The Morgan fingerprint density at radius 3 is 3.07 bits per heavy atom. The third-order valence-electron chi connectivity index (χ3n) is 2.31. The molecule has 0 atom stereocenters. The fourth-order valence-corrected chi connectivity index (χ4v) is 1.73. The Balaban J connectivity index is 2.42. The number of nitrogens with zero attached hydrogens (tertiary/aromatic N) is 1. The summed E-state index contributed by atoms with van der Waals surface area (Å²) in [5.74, 6) is 0.892. The zero-order valence-electron chi connectivity index (χ0n) is 8.43. The van der Waals surface area contributed by atoms with Crippen molar-refractivity contribution in [2.24, 2.45) is 0 Å². The van der Waals surface area contributed by atoms with E-state index < -0.39 is 0 Å². The minimum Gasteiger partial charge on any atom is -0.264 e. The molecule has 0 amide bonds. The zero-order valence-corrected chi connectivity index (χ0v) is 9.32. The van der Waals surface area contributed by atoms with Gasteiger partial charge < -0.3 is 0 Å². The number of fused-ring (bicyclic) bond motifs is 1. The van der Waals surface area contributed by atoms with Crippen LogP contribution in [0.3, 0.4) is 0 Å². The molecule has 0 bridgehead atoms. The van der Waals surface area contributed by atoms with Gasteiger partial charge >= 0.3 is 0 Å². The number of allylic oxidation sites excluding steroid dienone is 1. The van der Waals surface area contributed by atoms with Crippen LogP contribution in [0, 0.1) is 0 Å². The smallest absolute Gasteiger partial charge is 0.0346 e. The van der Waals surface area contributed by atoms with E-state index in [-0.39, 0.29) is 0 Å². The first-order valence-electron chi connectivity index (χ1n) is 5.02.